The summed E-state index contributed by atoms with van der Waals surface area (Å²) in [7, 11) is 0. The van der Waals surface area contributed by atoms with Crippen molar-refractivity contribution in [3.05, 3.63) is 35.4 Å². The van der Waals surface area contributed by atoms with Gasteiger partial charge in [-0.3, -0.25) is 0 Å². The van der Waals surface area contributed by atoms with Gasteiger partial charge in [-0.1, -0.05) is 51.0 Å². The number of hydrogen-bond donors (Lipinski definition) is 1. The molecule has 20 heavy (non-hydrogen) atoms. The monoisotopic (exact) mass is 273 g/mol. The second-order valence-corrected chi connectivity index (χ2v) is 6.37. The Morgan fingerprint density at radius 3 is 2.40 bits per heavy atom. The predicted octanol–water partition coefficient (Wildman–Crippen LogP) is 4.74. The van der Waals surface area contributed by atoms with Gasteiger partial charge in [0.05, 0.1) is 0 Å². The molecule has 0 heterocycles. The van der Waals surface area contributed by atoms with E-state index in [0.717, 1.165) is 12.0 Å². The first-order valence-corrected chi connectivity index (χ1v) is 8.63. The van der Waals surface area contributed by atoms with Gasteiger partial charge in [0.2, 0.25) is 0 Å². The largest absolute Gasteiger partial charge is 0.314 e. The lowest BCUT2D eigenvalue weighted by molar-refractivity contribution is 0.341. The highest BCUT2D eigenvalue weighted by Crippen LogP contribution is 2.26. The van der Waals surface area contributed by atoms with Gasteiger partial charge in [0.25, 0.3) is 0 Å². The highest BCUT2D eigenvalue weighted by Gasteiger charge is 2.16. The summed E-state index contributed by atoms with van der Waals surface area (Å²) >= 11 is 0. The smallest absolute Gasteiger partial charge is 0.00670 e. The van der Waals surface area contributed by atoms with Crippen LogP contribution >= 0.6 is 0 Å². The molecule has 112 valence electrons. The van der Waals surface area contributed by atoms with Crippen LogP contribution in [0, 0.1) is 5.92 Å². The summed E-state index contributed by atoms with van der Waals surface area (Å²) in [5.41, 5.74) is 3.18. The molecule has 0 saturated heterocycles. The van der Waals surface area contributed by atoms with E-state index in [1.54, 1.807) is 11.1 Å². The number of hydrogen-bond acceptors (Lipinski definition) is 1. The lowest BCUT2D eigenvalue weighted by atomic mass is 9.83. The summed E-state index contributed by atoms with van der Waals surface area (Å²) in [6, 6.07) is 9.77. The van der Waals surface area contributed by atoms with Gasteiger partial charge >= 0.3 is 0 Å². The molecule has 0 aliphatic heterocycles. The quantitative estimate of drug-likeness (QED) is 0.835. The Morgan fingerprint density at radius 2 is 1.80 bits per heavy atom. The summed E-state index contributed by atoms with van der Waals surface area (Å²) in [5, 5.41) is 3.47. The third-order valence-corrected chi connectivity index (χ3v) is 4.81. The fourth-order valence-corrected chi connectivity index (χ4v) is 3.08. The first kappa shape index (κ1) is 15.6. The normalized spacial score (nSPS) is 21.4. The van der Waals surface area contributed by atoms with Crippen molar-refractivity contribution in [3.63, 3.8) is 0 Å². The molecule has 0 bridgehead atoms. The Balaban J connectivity index is 0.000000160. The van der Waals surface area contributed by atoms with E-state index in [-0.39, 0.29) is 0 Å². The molecule has 1 N–H and O–H groups in total. The highest BCUT2D eigenvalue weighted by molar-refractivity contribution is 5.29. The van der Waals surface area contributed by atoms with E-state index in [1.807, 2.05) is 0 Å². The summed E-state index contributed by atoms with van der Waals surface area (Å²) < 4.78 is 0. The van der Waals surface area contributed by atoms with Gasteiger partial charge < -0.3 is 5.32 Å². The van der Waals surface area contributed by atoms with Crippen molar-refractivity contribution >= 4 is 0 Å². The van der Waals surface area contributed by atoms with Crippen molar-refractivity contribution in [2.75, 3.05) is 6.54 Å². The topological polar surface area (TPSA) is 12.0 Å². The predicted molar refractivity (Wildman–Crippen MR) is 88.2 cm³/mol. The summed E-state index contributed by atoms with van der Waals surface area (Å²) in [6.07, 6.45) is 10.9. The highest BCUT2D eigenvalue weighted by atomic mass is 14.9. The number of fused-ring (bicyclic) bond motifs is 1. The van der Waals surface area contributed by atoms with Gasteiger partial charge in [-0.15, -0.1) is 0 Å². The van der Waals surface area contributed by atoms with Crippen molar-refractivity contribution in [1.82, 2.24) is 5.32 Å². The van der Waals surface area contributed by atoms with Crippen LogP contribution in [-0.4, -0.2) is 12.6 Å². The molecule has 2 aliphatic rings. The maximum atomic E-state index is 3.47. The maximum Gasteiger partial charge on any atom is 0.00670 e. The van der Waals surface area contributed by atoms with Crippen LogP contribution < -0.4 is 5.32 Å². The standard InChI is InChI=1S/C12H16.C7H15N/c1-2-10-7-8-11-5-3-4-6-12(11)9-10;1-2-6-8-7-4-3-5-7/h3-6,10H,2,7-9H2,1H3;7-8H,2-6H2,1H3. The molecule has 1 aromatic rings. The Labute approximate surface area is 125 Å². The average molecular weight is 273 g/mol. The van der Waals surface area contributed by atoms with Crippen LogP contribution in [0.15, 0.2) is 24.3 Å². The first-order chi connectivity index (χ1) is 9.83. The summed E-state index contributed by atoms with van der Waals surface area (Å²) in [4.78, 5) is 0. The van der Waals surface area contributed by atoms with Crippen LogP contribution in [0.25, 0.3) is 0 Å². The van der Waals surface area contributed by atoms with Crippen molar-refractivity contribution in [2.24, 2.45) is 5.92 Å². The van der Waals surface area contributed by atoms with Crippen LogP contribution in [0.1, 0.15) is 63.5 Å². The van der Waals surface area contributed by atoms with Gasteiger partial charge in [-0.05, 0) is 62.1 Å². The molecule has 0 radical (unpaired) electrons. The molecule has 0 aromatic heterocycles. The van der Waals surface area contributed by atoms with E-state index in [4.69, 9.17) is 0 Å². The third-order valence-electron chi connectivity index (χ3n) is 4.81. The van der Waals surface area contributed by atoms with E-state index in [2.05, 4.69) is 43.4 Å². The van der Waals surface area contributed by atoms with Crippen LogP contribution in [0.2, 0.25) is 0 Å². The van der Waals surface area contributed by atoms with E-state index >= 15 is 0 Å². The molecule has 1 aromatic carbocycles. The zero-order chi connectivity index (χ0) is 14.2. The molecule has 0 spiro atoms. The van der Waals surface area contributed by atoms with Crippen LogP contribution in [-0.2, 0) is 12.8 Å². The molecule has 3 rings (SSSR count). The molecule has 1 saturated carbocycles. The Hall–Kier alpha value is -0.820. The Bertz CT molecular complexity index is 381. The van der Waals surface area contributed by atoms with Crippen molar-refractivity contribution in [1.29, 1.82) is 0 Å². The van der Waals surface area contributed by atoms with E-state index in [9.17, 15) is 0 Å². The molecule has 1 atom stereocenters. The number of aryl methyl sites for hydroxylation is 1. The molecule has 2 aliphatic carbocycles. The second kappa shape index (κ2) is 8.46. The first-order valence-electron chi connectivity index (χ1n) is 8.63. The van der Waals surface area contributed by atoms with Gasteiger partial charge in [-0.25, -0.2) is 0 Å². The second-order valence-electron chi connectivity index (χ2n) is 6.37. The Kier molecular flexibility index (Phi) is 6.59. The molecule has 1 unspecified atom stereocenters. The molecular formula is C19H31N. The maximum absolute atomic E-state index is 3.47. The molecule has 1 fully saturated rings. The lowest BCUT2D eigenvalue weighted by Crippen LogP contribution is -2.35. The van der Waals surface area contributed by atoms with Crippen LogP contribution in [0.5, 0.6) is 0 Å². The lowest BCUT2D eigenvalue weighted by Gasteiger charge is -2.26. The van der Waals surface area contributed by atoms with Crippen molar-refractivity contribution in [2.45, 2.75) is 71.3 Å². The number of nitrogens with one attached hydrogen (secondary N) is 1. The minimum absolute atomic E-state index is 0.884. The van der Waals surface area contributed by atoms with Gasteiger partial charge in [0, 0.05) is 6.04 Å². The molecular weight excluding hydrogens is 242 g/mol. The molecule has 1 nitrogen and oxygen atoms in total. The summed E-state index contributed by atoms with van der Waals surface area (Å²) in [6.45, 7) is 5.73. The van der Waals surface area contributed by atoms with E-state index in [1.165, 1.54) is 57.9 Å². The summed E-state index contributed by atoms with van der Waals surface area (Å²) in [5.74, 6) is 0.944. The molecule has 0 amide bonds. The Morgan fingerprint density at radius 1 is 1.05 bits per heavy atom. The van der Waals surface area contributed by atoms with Crippen molar-refractivity contribution < 1.29 is 0 Å². The van der Waals surface area contributed by atoms with Gasteiger partial charge in [0.1, 0.15) is 0 Å². The van der Waals surface area contributed by atoms with Gasteiger partial charge in [0.15, 0.2) is 0 Å². The zero-order valence-corrected chi connectivity index (χ0v) is 13.3. The number of rotatable bonds is 4. The van der Waals surface area contributed by atoms with E-state index in [0.29, 0.717) is 0 Å². The van der Waals surface area contributed by atoms with Crippen molar-refractivity contribution in [3.8, 4) is 0 Å². The fraction of sp³-hybridized carbons (Fsp3) is 0.684. The van der Waals surface area contributed by atoms with Crippen LogP contribution in [0.3, 0.4) is 0 Å². The number of benzene rings is 1. The van der Waals surface area contributed by atoms with Gasteiger partial charge in [-0.2, -0.15) is 0 Å². The van der Waals surface area contributed by atoms with E-state index < -0.39 is 0 Å². The third kappa shape index (κ3) is 4.63. The SMILES string of the molecule is CCC1CCc2ccccc2C1.CCCNC1CCC1. The zero-order valence-electron chi connectivity index (χ0n) is 13.3. The molecule has 1 heteroatoms. The minimum Gasteiger partial charge on any atom is -0.314 e. The fourth-order valence-electron chi connectivity index (χ4n) is 3.08. The van der Waals surface area contributed by atoms with Crippen LogP contribution in [0.4, 0.5) is 0 Å². The minimum atomic E-state index is 0.884. The average Bonchev–Trinajstić information content (AvgIpc) is 2.46.